The molecule has 0 saturated carbocycles. The van der Waals surface area contributed by atoms with Crippen LogP contribution in [0.25, 0.3) is 0 Å². The quantitative estimate of drug-likeness (QED) is 0.749. The molecule has 0 bridgehead atoms. The predicted molar refractivity (Wildman–Crippen MR) is 64.7 cm³/mol. The summed E-state index contributed by atoms with van der Waals surface area (Å²) >= 11 is 0. The highest BCUT2D eigenvalue weighted by molar-refractivity contribution is 5.81. The fraction of sp³-hybridized carbons (Fsp3) is 0.833. The number of nitrogens with one attached hydrogen (secondary N) is 1. The number of hydrogen-bond donors (Lipinski definition) is 2. The molecule has 1 aliphatic heterocycles. The Balaban J connectivity index is 2.57. The second-order valence-corrected chi connectivity index (χ2v) is 4.97. The van der Waals surface area contributed by atoms with Crippen LogP contribution in [-0.2, 0) is 9.59 Å². The van der Waals surface area contributed by atoms with Crippen LogP contribution in [0.3, 0.4) is 0 Å². The van der Waals surface area contributed by atoms with E-state index < -0.39 is 5.97 Å². The maximum atomic E-state index is 11.9. The minimum Gasteiger partial charge on any atom is -0.481 e. The highest BCUT2D eigenvalue weighted by Gasteiger charge is 2.33. The summed E-state index contributed by atoms with van der Waals surface area (Å²) in [4.78, 5) is 24.6. The molecule has 0 aliphatic carbocycles. The maximum Gasteiger partial charge on any atom is 0.304 e. The zero-order chi connectivity index (χ0) is 13.0. The number of carbonyl (C=O) groups excluding carboxylic acids is 1. The van der Waals surface area contributed by atoms with Crippen molar-refractivity contribution in [3.63, 3.8) is 0 Å². The molecule has 1 heterocycles. The fourth-order valence-electron chi connectivity index (χ4n) is 2.34. The first-order chi connectivity index (χ1) is 7.91. The van der Waals surface area contributed by atoms with Gasteiger partial charge in [0.15, 0.2) is 0 Å². The smallest absolute Gasteiger partial charge is 0.304 e. The van der Waals surface area contributed by atoms with E-state index in [-0.39, 0.29) is 30.5 Å². The third-order valence-electron chi connectivity index (χ3n) is 3.14. The molecule has 0 spiro atoms. The maximum absolute atomic E-state index is 11.9. The standard InChI is InChI=1S/C12H22N2O3/c1-8(2)13-12(17)9(3)14-6-4-5-10(14)7-11(15)16/h8-10H,4-7H2,1-3H3,(H,13,17)(H,15,16). The van der Waals surface area contributed by atoms with Crippen molar-refractivity contribution in [3.8, 4) is 0 Å². The summed E-state index contributed by atoms with van der Waals surface area (Å²) in [5, 5.41) is 11.7. The first-order valence-corrected chi connectivity index (χ1v) is 6.19. The Morgan fingerprint density at radius 2 is 2.06 bits per heavy atom. The van der Waals surface area contributed by atoms with Crippen LogP contribution in [-0.4, -0.2) is 46.6 Å². The van der Waals surface area contributed by atoms with Crippen molar-refractivity contribution >= 4 is 11.9 Å². The molecule has 2 unspecified atom stereocenters. The van der Waals surface area contributed by atoms with Crippen LogP contribution >= 0.6 is 0 Å². The Labute approximate surface area is 102 Å². The third kappa shape index (κ3) is 4.00. The van der Waals surface area contributed by atoms with Gasteiger partial charge in [0, 0.05) is 12.1 Å². The average Bonchev–Trinajstić information content (AvgIpc) is 2.62. The largest absolute Gasteiger partial charge is 0.481 e. The monoisotopic (exact) mass is 242 g/mol. The molecule has 98 valence electrons. The highest BCUT2D eigenvalue weighted by Crippen LogP contribution is 2.22. The predicted octanol–water partition coefficient (Wildman–Crippen LogP) is 0.839. The molecule has 5 heteroatoms. The van der Waals surface area contributed by atoms with Gasteiger partial charge in [-0.05, 0) is 40.2 Å². The molecule has 2 atom stereocenters. The summed E-state index contributed by atoms with van der Waals surface area (Å²) in [6.45, 7) is 6.50. The average molecular weight is 242 g/mol. The molecule has 1 amide bonds. The minimum absolute atomic E-state index is 0.000382. The lowest BCUT2D eigenvalue weighted by Crippen LogP contribution is -2.49. The number of amides is 1. The van der Waals surface area contributed by atoms with Gasteiger partial charge in [0.05, 0.1) is 12.5 Å². The van der Waals surface area contributed by atoms with Crippen molar-refractivity contribution in [3.05, 3.63) is 0 Å². The van der Waals surface area contributed by atoms with E-state index in [1.165, 1.54) is 0 Å². The second kappa shape index (κ2) is 6.00. The van der Waals surface area contributed by atoms with Crippen LogP contribution in [0, 0.1) is 0 Å². The lowest BCUT2D eigenvalue weighted by Gasteiger charge is -2.29. The van der Waals surface area contributed by atoms with Crippen LogP contribution in [0.2, 0.25) is 0 Å². The second-order valence-electron chi connectivity index (χ2n) is 4.97. The molecular weight excluding hydrogens is 220 g/mol. The molecule has 1 rings (SSSR count). The highest BCUT2D eigenvalue weighted by atomic mass is 16.4. The van der Waals surface area contributed by atoms with Gasteiger partial charge in [0.2, 0.25) is 5.91 Å². The molecule has 0 radical (unpaired) electrons. The summed E-state index contributed by atoms with van der Waals surface area (Å²) < 4.78 is 0. The van der Waals surface area contributed by atoms with E-state index in [2.05, 4.69) is 5.32 Å². The van der Waals surface area contributed by atoms with E-state index in [9.17, 15) is 9.59 Å². The molecule has 1 fully saturated rings. The van der Waals surface area contributed by atoms with Gasteiger partial charge in [-0.3, -0.25) is 14.5 Å². The SMILES string of the molecule is CC(C)NC(=O)C(C)N1CCCC1CC(=O)O. The Bertz CT molecular complexity index is 291. The Kier molecular flexibility index (Phi) is 4.93. The molecule has 5 nitrogen and oxygen atoms in total. The Hall–Kier alpha value is -1.10. The number of rotatable bonds is 5. The molecule has 0 aromatic carbocycles. The van der Waals surface area contributed by atoms with Crippen molar-refractivity contribution in [2.24, 2.45) is 0 Å². The van der Waals surface area contributed by atoms with Crippen molar-refractivity contribution in [2.75, 3.05) is 6.54 Å². The van der Waals surface area contributed by atoms with Gasteiger partial charge >= 0.3 is 5.97 Å². The molecular formula is C12H22N2O3. The number of aliphatic carboxylic acids is 1. The van der Waals surface area contributed by atoms with E-state index in [0.717, 1.165) is 19.4 Å². The lowest BCUT2D eigenvalue weighted by atomic mass is 10.1. The molecule has 0 aromatic rings. The van der Waals surface area contributed by atoms with Crippen molar-refractivity contribution in [1.82, 2.24) is 10.2 Å². The summed E-state index contributed by atoms with van der Waals surface area (Å²) in [7, 11) is 0. The summed E-state index contributed by atoms with van der Waals surface area (Å²) in [5.41, 5.74) is 0. The van der Waals surface area contributed by atoms with Crippen LogP contribution in [0.5, 0.6) is 0 Å². The summed E-state index contributed by atoms with van der Waals surface area (Å²) in [6.07, 6.45) is 1.96. The zero-order valence-electron chi connectivity index (χ0n) is 10.8. The van der Waals surface area contributed by atoms with E-state index in [0.29, 0.717) is 0 Å². The van der Waals surface area contributed by atoms with Crippen LogP contribution < -0.4 is 5.32 Å². The van der Waals surface area contributed by atoms with Gasteiger partial charge in [-0.2, -0.15) is 0 Å². The topological polar surface area (TPSA) is 69.6 Å². The fourth-order valence-corrected chi connectivity index (χ4v) is 2.34. The van der Waals surface area contributed by atoms with Crippen molar-refractivity contribution in [2.45, 2.75) is 58.2 Å². The number of carboxylic acid groups (broad SMARTS) is 1. The summed E-state index contributed by atoms with van der Waals surface area (Å²) in [6, 6.07) is -0.130. The van der Waals surface area contributed by atoms with Gasteiger partial charge in [0.1, 0.15) is 0 Å². The number of hydrogen-bond acceptors (Lipinski definition) is 3. The molecule has 1 saturated heterocycles. The van der Waals surface area contributed by atoms with Crippen LogP contribution in [0.4, 0.5) is 0 Å². The van der Waals surface area contributed by atoms with Gasteiger partial charge < -0.3 is 10.4 Å². The van der Waals surface area contributed by atoms with Gasteiger partial charge in [-0.1, -0.05) is 0 Å². The Morgan fingerprint density at radius 3 is 2.59 bits per heavy atom. The first kappa shape index (κ1) is 14.0. The Morgan fingerprint density at radius 1 is 1.41 bits per heavy atom. The minimum atomic E-state index is -0.793. The van der Waals surface area contributed by atoms with E-state index in [4.69, 9.17) is 5.11 Å². The van der Waals surface area contributed by atoms with Gasteiger partial charge in [-0.15, -0.1) is 0 Å². The van der Waals surface area contributed by atoms with E-state index in [1.54, 1.807) is 0 Å². The lowest BCUT2D eigenvalue weighted by molar-refractivity contribution is -0.139. The number of likely N-dealkylation sites (tertiary alicyclic amines) is 1. The van der Waals surface area contributed by atoms with Gasteiger partial charge in [0.25, 0.3) is 0 Å². The molecule has 2 N–H and O–H groups in total. The van der Waals surface area contributed by atoms with E-state index in [1.807, 2.05) is 25.7 Å². The number of carbonyl (C=O) groups is 2. The normalized spacial score (nSPS) is 22.7. The molecule has 0 aromatic heterocycles. The van der Waals surface area contributed by atoms with Crippen LogP contribution in [0.1, 0.15) is 40.0 Å². The third-order valence-corrected chi connectivity index (χ3v) is 3.14. The molecule has 17 heavy (non-hydrogen) atoms. The number of nitrogens with zero attached hydrogens (tertiary/aromatic N) is 1. The zero-order valence-corrected chi connectivity index (χ0v) is 10.8. The van der Waals surface area contributed by atoms with Crippen LogP contribution in [0.15, 0.2) is 0 Å². The van der Waals surface area contributed by atoms with E-state index >= 15 is 0 Å². The molecule has 1 aliphatic rings. The van der Waals surface area contributed by atoms with Crippen molar-refractivity contribution in [1.29, 1.82) is 0 Å². The first-order valence-electron chi connectivity index (χ1n) is 6.19. The number of carboxylic acids is 1. The van der Waals surface area contributed by atoms with Gasteiger partial charge in [-0.25, -0.2) is 0 Å². The summed E-state index contributed by atoms with van der Waals surface area (Å²) in [5.74, 6) is -0.810. The van der Waals surface area contributed by atoms with Crippen molar-refractivity contribution < 1.29 is 14.7 Å².